The number of hydrogen-bond donors (Lipinski definition) is 8. The summed E-state index contributed by atoms with van der Waals surface area (Å²) < 4.78 is 0. The van der Waals surface area contributed by atoms with Gasteiger partial charge < -0.3 is 4.90 Å². The summed E-state index contributed by atoms with van der Waals surface area (Å²) in [7, 11) is 0. The van der Waals surface area contributed by atoms with Gasteiger partial charge in [0.15, 0.2) is 0 Å². The quantitative estimate of drug-likeness (QED) is 0.0381. The van der Waals surface area contributed by atoms with Crippen molar-refractivity contribution in [3.8, 4) is 0 Å². The number of ketones is 1. The van der Waals surface area contributed by atoms with E-state index < -0.39 is 18.0 Å². The molecule has 16 nitrogen and oxygen atoms in total. The summed E-state index contributed by atoms with van der Waals surface area (Å²) in [6, 6.07) is -1.13. The van der Waals surface area contributed by atoms with Crippen LogP contribution in [0.5, 0.6) is 0 Å². The van der Waals surface area contributed by atoms with Crippen molar-refractivity contribution in [2.75, 3.05) is 19.6 Å². The molecule has 1 heterocycles. The molecular weight excluding hydrogens is 464 g/mol. The van der Waals surface area contributed by atoms with Gasteiger partial charge in [-0.1, -0.05) is 13.8 Å². The highest BCUT2D eigenvalue weighted by atomic mass is 16.2. The number of carbonyl (C=O) groups is 6. The van der Waals surface area contributed by atoms with E-state index in [1.165, 1.54) is 4.90 Å². The van der Waals surface area contributed by atoms with Crippen LogP contribution in [0.2, 0.25) is 0 Å². The smallest absolute Gasteiger partial charge is 0.312 e. The molecular formula is C19H38N10O6. The molecule has 1 fully saturated rings. The Morgan fingerprint density at radius 1 is 0.800 bits per heavy atom. The Morgan fingerprint density at radius 2 is 1.29 bits per heavy atom. The van der Waals surface area contributed by atoms with Gasteiger partial charge in [-0.3, -0.25) is 56.4 Å². The van der Waals surface area contributed by atoms with Crippen LogP contribution >= 0.6 is 0 Å². The number of hydrazine groups is 4. The average molecular weight is 503 g/mol. The molecule has 1 saturated heterocycles. The van der Waals surface area contributed by atoms with Crippen molar-refractivity contribution in [1.29, 1.82) is 0 Å². The van der Waals surface area contributed by atoms with Crippen molar-refractivity contribution >= 4 is 35.4 Å². The van der Waals surface area contributed by atoms with Gasteiger partial charge in [0, 0.05) is 38.8 Å². The van der Waals surface area contributed by atoms with Crippen molar-refractivity contribution in [2.24, 2.45) is 29.3 Å². The predicted octanol–water partition coefficient (Wildman–Crippen LogP) is -3.40. The second kappa shape index (κ2) is 17.3. The Morgan fingerprint density at radius 3 is 1.71 bits per heavy atom. The van der Waals surface area contributed by atoms with E-state index in [2.05, 4.69) is 5.43 Å². The number of Topliss-reactive ketones (excluding diaryl/α,β-unsaturated/α-hetero) is 1. The second-order valence-electron chi connectivity index (χ2n) is 7.98. The lowest BCUT2D eigenvalue weighted by Crippen LogP contribution is -2.41. The molecule has 0 aliphatic carbocycles. The monoisotopic (exact) mass is 502 g/mol. The van der Waals surface area contributed by atoms with Crippen molar-refractivity contribution in [1.82, 2.24) is 31.5 Å². The predicted molar refractivity (Wildman–Crippen MR) is 124 cm³/mol. The van der Waals surface area contributed by atoms with Crippen LogP contribution in [-0.2, 0) is 24.0 Å². The number of unbranched alkanes of at least 4 members (excludes halogenated alkanes) is 1. The minimum atomic E-state index is -0.637. The standard InChI is InChI=1S/C13H24N6O4.C6H14N4O2/c1-8(2)11-12(22)19(6-4-10(21)17-15)13(23)18(11)5-3-9(20)7-16-14;7-9-5(11)3-1-2-4-6(12)10-8/h8,11,16H,3-7,14-15H2,1-2H3,(H,17,21);1-4,7-8H2,(H,9,11)(H,10,12). The van der Waals surface area contributed by atoms with Crippen molar-refractivity contribution in [3.05, 3.63) is 0 Å². The maximum atomic E-state index is 12.4. The van der Waals surface area contributed by atoms with Crippen LogP contribution in [0.4, 0.5) is 4.79 Å². The molecule has 0 aromatic carbocycles. The topological polar surface area (TPSA) is 261 Å². The third kappa shape index (κ3) is 11.7. The van der Waals surface area contributed by atoms with E-state index in [4.69, 9.17) is 23.4 Å². The van der Waals surface area contributed by atoms with E-state index >= 15 is 0 Å². The zero-order chi connectivity index (χ0) is 27.0. The lowest BCUT2D eigenvalue weighted by atomic mass is 10.0. The SMILES string of the molecule is CC(C)C1C(=O)N(CCC(=O)NN)C(=O)N1CCC(=O)CNN.NNC(=O)CCCCC(=O)NN. The van der Waals surface area contributed by atoms with Gasteiger partial charge in [0.05, 0.1) is 6.54 Å². The summed E-state index contributed by atoms with van der Waals surface area (Å²) >= 11 is 0. The molecule has 1 atom stereocenters. The van der Waals surface area contributed by atoms with E-state index in [-0.39, 0.29) is 61.9 Å². The molecule has 0 saturated carbocycles. The summed E-state index contributed by atoms with van der Waals surface area (Å²) in [5.41, 5.74) is 8.22. The third-order valence-electron chi connectivity index (χ3n) is 5.00. The molecule has 35 heavy (non-hydrogen) atoms. The van der Waals surface area contributed by atoms with Crippen LogP contribution < -0.4 is 45.1 Å². The molecule has 1 aliphatic heterocycles. The van der Waals surface area contributed by atoms with Gasteiger partial charge in [-0.15, -0.1) is 0 Å². The number of carbonyl (C=O) groups excluding carboxylic acids is 6. The maximum absolute atomic E-state index is 12.4. The maximum Gasteiger partial charge on any atom is 0.327 e. The van der Waals surface area contributed by atoms with Crippen LogP contribution in [0.1, 0.15) is 52.4 Å². The average Bonchev–Trinajstić information content (AvgIpc) is 3.07. The minimum Gasteiger partial charge on any atom is -0.312 e. The highest BCUT2D eigenvalue weighted by Gasteiger charge is 2.46. The fourth-order valence-corrected chi connectivity index (χ4v) is 3.20. The normalized spacial score (nSPS) is 15.0. The molecule has 0 spiro atoms. The summed E-state index contributed by atoms with van der Waals surface area (Å²) in [5, 5.41) is 0. The molecule has 0 aromatic heterocycles. The molecule has 12 N–H and O–H groups in total. The van der Waals surface area contributed by atoms with E-state index in [9.17, 15) is 28.8 Å². The van der Waals surface area contributed by atoms with Crippen LogP contribution in [0.15, 0.2) is 0 Å². The fraction of sp³-hybridized carbons (Fsp3) is 0.684. The highest BCUT2D eigenvalue weighted by Crippen LogP contribution is 2.24. The lowest BCUT2D eigenvalue weighted by molar-refractivity contribution is -0.130. The van der Waals surface area contributed by atoms with Crippen molar-refractivity contribution in [2.45, 2.75) is 58.4 Å². The number of rotatable bonds is 14. The zero-order valence-electron chi connectivity index (χ0n) is 20.2. The molecule has 200 valence electrons. The fourth-order valence-electron chi connectivity index (χ4n) is 3.20. The second-order valence-corrected chi connectivity index (χ2v) is 7.98. The largest absolute Gasteiger partial charge is 0.327 e. The first-order chi connectivity index (χ1) is 16.5. The van der Waals surface area contributed by atoms with E-state index in [1.807, 2.05) is 30.1 Å². The molecule has 1 rings (SSSR count). The summed E-state index contributed by atoms with van der Waals surface area (Å²) in [4.78, 5) is 71.1. The van der Waals surface area contributed by atoms with Gasteiger partial charge in [-0.05, 0) is 18.8 Å². The molecule has 0 radical (unpaired) electrons. The van der Waals surface area contributed by atoms with Gasteiger partial charge in [-0.25, -0.2) is 22.3 Å². The number of nitrogens with zero attached hydrogens (tertiary/aromatic N) is 2. The van der Waals surface area contributed by atoms with Crippen molar-refractivity contribution < 1.29 is 28.8 Å². The number of nitrogens with one attached hydrogen (secondary N) is 4. The van der Waals surface area contributed by atoms with Crippen LogP contribution in [0.3, 0.4) is 0 Å². The number of hydrogen-bond acceptors (Lipinski definition) is 11. The Balaban J connectivity index is 0.000000814. The van der Waals surface area contributed by atoms with Crippen LogP contribution in [0.25, 0.3) is 0 Å². The van der Waals surface area contributed by atoms with Gasteiger partial charge in [-0.2, -0.15) is 0 Å². The first-order valence-electron chi connectivity index (χ1n) is 11.1. The number of amides is 6. The van der Waals surface area contributed by atoms with Gasteiger partial charge in [0.1, 0.15) is 11.8 Å². The summed E-state index contributed by atoms with van der Waals surface area (Å²) in [5.74, 6) is 18.2. The Bertz CT molecular complexity index is 730. The van der Waals surface area contributed by atoms with Crippen LogP contribution in [0, 0.1) is 5.92 Å². The molecule has 0 aromatic rings. The number of nitrogens with two attached hydrogens (primary N) is 4. The lowest BCUT2D eigenvalue weighted by Gasteiger charge is -2.24. The molecule has 0 bridgehead atoms. The minimum absolute atomic E-state index is 0.00269. The Kier molecular flexibility index (Phi) is 15.7. The molecule has 6 amide bonds. The zero-order valence-corrected chi connectivity index (χ0v) is 20.2. The van der Waals surface area contributed by atoms with Gasteiger partial charge in [0.25, 0.3) is 5.91 Å². The highest BCUT2D eigenvalue weighted by molar-refractivity contribution is 6.04. The summed E-state index contributed by atoms with van der Waals surface area (Å²) in [6.07, 6.45) is 1.99. The molecule has 1 aliphatic rings. The molecule has 1 unspecified atom stereocenters. The molecule has 16 heteroatoms. The van der Waals surface area contributed by atoms with E-state index in [0.717, 1.165) is 4.90 Å². The first-order valence-corrected chi connectivity index (χ1v) is 11.1. The van der Waals surface area contributed by atoms with Gasteiger partial charge >= 0.3 is 6.03 Å². The van der Waals surface area contributed by atoms with Gasteiger partial charge in [0.2, 0.25) is 17.7 Å². The number of urea groups is 1. The number of imide groups is 1. The van der Waals surface area contributed by atoms with Crippen molar-refractivity contribution in [3.63, 3.8) is 0 Å². The summed E-state index contributed by atoms with van der Waals surface area (Å²) in [6.45, 7) is 3.74. The first kappa shape index (κ1) is 31.8. The Hall–Kier alpha value is -3.18. The van der Waals surface area contributed by atoms with E-state index in [1.54, 1.807) is 0 Å². The van der Waals surface area contributed by atoms with Crippen LogP contribution in [-0.4, -0.2) is 70.9 Å². The van der Waals surface area contributed by atoms with E-state index in [0.29, 0.717) is 25.7 Å². The Labute approximate surface area is 203 Å². The third-order valence-corrected chi connectivity index (χ3v) is 5.00.